The monoisotopic (exact) mass is 268 g/mol. The number of rotatable bonds is 2. The van der Waals surface area contributed by atoms with Gasteiger partial charge in [0.1, 0.15) is 11.9 Å². The van der Waals surface area contributed by atoms with E-state index in [1.54, 1.807) is 7.11 Å². The standard InChI is InChI=1S/C17H16O3/c1-11-7-8-12-10-16(20-17(18)14(12)9-11)13-5-3-4-6-15(13)19-2/h3-9,16H,10H2,1-2H3. The van der Waals surface area contributed by atoms with Gasteiger partial charge in [0, 0.05) is 12.0 Å². The Bertz CT molecular complexity index is 661. The summed E-state index contributed by atoms with van der Waals surface area (Å²) in [7, 11) is 1.63. The number of para-hydroxylation sites is 1. The predicted octanol–water partition coefficient (Wildman–Crippen LogP) is 3.46. The SMILES string of the molecule is COc1ccccc1C1Cc2ccc(C)cc2C(=O)O1. The van der Waals surface area contributed by atoms with Crippen molar-refractivity contribution in [3.8, 4) is 5.75 Å². The van der Waals surface area contributed by atoms with Gasteiger partial charge in [0.2, 0.25) is 0 Å². The van der Waals surface area contributed by atoms with Crippen molar-refractivity contribution in [3.63, 3.8) is 0 Å². The van der Waals surface area contributed by atoms with Gasteiger partial charge in [-0.25, -0.2) is 4.79 Å². The lowest BCUT2D eigenvalue weighted by molar-refractivity contribution is 0.0247. The van der Waals surface area contributed by atoms with Crippen LogP contribution in [0.25, 0.3) is 0 Å². The zero-order valence-electron chi connectivity index (χ0n) is 11.6. The van der Waals surface area contributed by atoms with Gasteiger partial charge in [-0.05, 0) is 24.6 Å². The van der Waals surface area contributed by atoms with Crippen LogP contribution in [0.15, 0.2) is 42.5 Å². The number of methoxy groups -OCH3 is 1. The molecule has 1 atom stereocenters. The first-order valence-electron chi connectivity index (χ1n) is 6.62. The molecular formula is C17H16O3. The summed E-state index contributed by atoms with van der Waals surface area (Å²) >= 11 is 0. The molecule has 0 aromatic heterocycles. The van der Waals surface area contributed by atoms with E-state index in [0.717, 1.165) is 22.4 Å². The van der Waals surface area contributed by atoms with E-state index in [2.05, 4.69) is 0 Å². The number of benzene rings is 2. The summed E-state index contributed by atoms with van der Waals surface area (Å²) in [6, 6.07) is 13.6. The average molecular weight is 268 g/mol. The van der Waals surface area contributed by atoms with Gasteiger partial charge < -0.3 is 9.47 Å². The number of aryl methyl sites for hydroxylation is 1. The number of esters is 1. The van der Waals surface area contributed by atoms with Crippen molar-refractivity contribution in [2.24, 2.45) is 0 Å². The third-order valence-electron chi connectivity index (χ3n) is 3.63. The second-order valence-corrected chi connectivity index (χ2v) is 5.00. The molecule has 0 saturated carbocycles. The minimum atomic E-state index is -0.283. The second-order valence-electron chi connectivity index (χ2n) is 5.00. The maximum atomic E-state index is 12.2. The molecule has 20 heavy (non-hydrogen) atoms. The Hall–Kier alpha value is -2.29. The normalized spacial score (nSPS) is 17.3. The van der Waals surface area contributed by atoms with Gasteiger partial charge in [-0.15, -0.1) is 0 Å². The molecule has 102 valence electrons. The number of carbonyl (C=O) groups is 1. The van der Waals surface area contributed by atoms with Gasteiger partial charge in [-0.1, -0.05) is 35.9 Å². The molecule has 0 bridgehead atoms. The van der Waals surface area contributed by atoms with E-state index in [4.69, 9.17) is 9.47 Å². The first-order valence-corrected chi connectivity index (χ1v) is 6.62. The van der Waals surface area contributed by atoms with Crippen molar-refractivity contribution in [1.29, 1.82) is 0 Å². The summed E-state index contributed by atoms with van der Waals surface area (Å²) < 4.78 is 10.9. The number of fused-ring (bicyclic) bond motifs is 1. The molecule has 0 amide bonds. The van der Waals surface area contributed by atoms with Crippen LogP contribution in [0.3, 0.4) is 0 Å². The van der Waals surface area contributed by atoms with Crippen molar-refractivity contribution in [2.45, 2.75) is 19.4 Å². The van der Waals surface area contributed by atoms with Gasteiger partial charge >= 0.3 is 5.97 Å². The molecule has 0 aliphatic carbocycles. The Morgan fingerprint density at radius 3 is 2.80 bits per heavy atom. The molecule has 3 rings (SSSR count). The molecule has 2 aromatic carbocycles. The van der Waals surface area contributed by atoms with Gasteiger partial charge in [0.05, 0.1) is 12.7 Å². The van der Waals surface area contributed by atoms with Crippen LogP contribution < -0.4 is 4.74 Å². The van der Waals surface area contributed by atoms with Crippen molar-refractivity contribution >= 4 is 5.97 Å². The van der Waals surface area contributed by atoms with Crippen molar-refractivity contribution in [2.75, 3.05) is 7.11 Å². The zero-order chi connectivity index (χ0) is 14.1. The lowest BCUT2D eigenvalue weighted by Crippen LogP contribution is -2.22. The van der Waals surface area contributed by atoms with Crippen LogP contribution in [-0.2, 0) is 11.2 Å². The van der Waals surface area contributed by atoms with Crippen LogP contribution in [0, 0.1) is 6.92 Å². The second kappa shape index (κ2) is 5.00. The molecule has 3 nitrogen and oxygen atoms in total. The first kappa shape index (κ1) is 12.7. The molecule has 1 unspecified atom stereocenters. The largest absolute Gasteiger partial charge is 0.496 e. The number of cyclic esters (lactones) is 1. The summed E-state index contributed by atoms with van der Waals surface area (Å²) in [4.78, 5) is 12.2. The zero-order valence-corrected chi connectivity index (χ0v) is 11.6. The molecule has 0 radical (unpaired) electrons. The molecule has 1 aliphatic heterocycles. The van der Waals surface area contributed by atoms with Crippen molar-refractivity contribution in [1.82, 2.24) is 0 Å². The summed E-state index contributed by atoms with van der Waals surface area (Å²) in [6.07, 6.45) is 0.399. The Morgan fingerprint density at radius 1 is 1.20 bits per heavy atom. The van der Waals surface area contributed by atoms with E-state index in [-0.39, 0.29) is 12.1 Å². The maximum Gasteiger partial charge on any atom is 0.339 e. The molecule has 2 aromatic rings. The number of carbonyl (C=O) groups excluding carboxylic acids is 1. The molecule has 1 heterocycles. The Balaban J connectivity index is 1.99. The fraction of sp³-hybridized carbons (Fsp3) is 0.235. The first-order chi connectivity index (χ1) is 9.69. The highest BCUT2D eigenvalue weighted by molar-refractivity contribution is 5.92. The minimum Gasteiger partial charge on any atom is -0.496 e. The van der Waals surface area contributed by atoms with E-state index in [0.29, 0.717) is 12.0 Å². The Kier molecular flexibility index (Phi) is 3.18. The molecule has 0 N–H and O–H groups in total. The Morgan fingerprint density at radius 2 is 2.00 bits per heavy atom. The fourth-order valence-electron chi connectivity index (χ4n) is 2.60. The molecule has 1 aliphatic rings. The molecular weight excluding hydrogens is 252 g/mol. The van der Waals surface area contributed by atoms with Gasteiger partial charge in [-0.2, -0.15) is 0 Å². The molecule has 0 spiro atoms. The number of ether oxygens (including phenoxy) is 2. The molecule has 0 fully saturated rings. The molecule has 3 heteroatoms. The third-order valence-corrected chi connectivity index (χ3v) is 3.63. The van der Waals surface area contributed by atoms with Gasteiger partial charge in [-0.3, -0.25) is 0 Å². The topological polar surface area (TPSA) is 35.5 Å². The fourth-order valence-corrected chi connectivity index (χ4v) is 2.60. The van der Waals surface area contributed by atoms with Crippen molar-refractivity contribution < 1.29 is 14.3 Å². The van der Waals surface area contributed by atoms with Crippen LogP contribution >= 0.6 is 0 Å². The highest BCUT2D eigenvalue weighted by Gasteiger charge is 2.29. The summed E-state index contributed by atoms with van der Waals surface area (Å²) in [5, 5.41) is 0. The maximum absolute atomic E-state index is 12.2. The van der Waals surface area contributed by atoms with Crippen LogP contribution in [-0.4, -0.2) is 13.1 Å². The lowest BCUT2D eigenvalue weighted by Gasteiger charge is -2.26. The van der Waals surface area contributed by atoms with Crippen LogP contribution in [0.1, 0.15) is 33.2 Å². The number of hydrogen-bond donors (Lipinski definition) is 0. The smallest absolute Gasteiger partial charge is 0.339 e. The predicted molar refractivity (Wildman–Crippen MR) is 76.0 cm³/mol. The summed E-state index contributed by atoms with van der Waals surface area (Å²) in [6.45, 7) is 1.97. The quantitative estimate of drug-likeness (QED) is 0.782. The third kappa shape index (κ3) is 2.16. The van der Waals surface area contributed by atoms with E-state index in [1.807, 2.05) is 49.4 Å². The lowest BCUT2D eigenvalue weighted by atomic mass is 9.93. The Labute approximate surface area is 118 Å². The van der Waals surface area contributed by atoms with Crippen LogP contribution in [0.2, 0.25) is 0 Å². The van der Waals surface area contributed by atoms with E-state index >= 15 is 0 Å². The van der Waals surface area contributed by atoms with Crippen LogP contribution in [0.5, 0.6) is 5.75 Å². The van der Waals surface area contributed by atoms with E-state index in [1.165, 1.54) is 0 Å². The highest BCUT2D eigenvalue weighted by Crippen LogP contribution is 2.35. The summed E-state index contributed by atoms with van der Waals surface area (Å²) in [5.41, 5.74) is 3.69. The summed E-state index contributed by atoms with van der Waals surface area (Å²) in [5.74, 6) is 0.492. The van der Waals surface area contributed by atoms with Crippen molar-refractivity contribution in [3.05, 3.63) is 64.7 Å². The number of hydrogen-bond acceptors (Lipinski definition) is 3. The molecule has 0 saturated heterocycles. The van der Waals surface area contributed by atoms with Gasteiger partial charge in [0.15, 0.2) is 0 Å². The van der Waals surface area contributed by atoms with E-state index in [9.17, 15) is 4.79 Å². The minimum absolute atomic E-state index is 0.258. The average Bonchev–Trinajstić information content (AvgIpc) is 2.47. The van der Waals surface area contributed by atoms with E-state index < -0.39 is 0 Å². The highest BCUT2D eigenvalue weighted by atomic mass is 16.5. The van der Waals surface area contributed by atoms with Gasteiger partial charge in [0.25, 0.3) is 0 Å². The van der Waals surface area contributed by atoms with Crippen LogP contribution in [0.4, 0.5) is 0 Å².